The van der Waals surface area contributed by atoms with Gasteiger partial charge in [0.05, 0.1) is 12.3 Å². The van der Waals surface area contributed by atoms with Gasteiger partial charge in [0.25, 0.3) is 11.8 Å². The quantitative estimate of drug-likeness (QED) is 0.547. The maximum Gasteiger partial charge on any atom is 0.290 e. The van der Waals surface area contributed by atoms with E-state index in [0.717, 1.165) is 28.7 Å². The number of rotatable bonds is 7. The highest BCUT2D eigenvalue weighted by Gasteiger charge is 2.34. The normalized spacial score (nSPS) is 15.9. The number of carbonyl (C=O) groups excluding carboxylic acids is 2. The highest BCUT2D eigenvalue weighted by molar-refractivity contribution is 5.92. The minimum Gasteiger partial charge on any atom is -0.481 e. The average molecular weight is 445 g/mol. The molecule has 170 valence electrons. The Morgan fingerprint density at radius 2 is 2.09 bits per heavy atom. The maximum atomic E-state index is 13.3. The molecular weight excluding hydrogens is 416 g/mol. The van der Waals surface area contributed by atoms with Crippen molar-refractivity contribution in [2.45, 2.75) is 32.4 Å². The lowest BCUT2D eigenvalue weighted by Crippen LogP contribution is -2.40. The van der Waals surface area contributed by atoms with E-state index in [4.69, 9.17) is 9.15 Å². The van der Waals surface area contributed by atoms with E-state index in [9.17, 15) is 9.59 Å². The highest BCUT2D eigenvalue weighted by atomic mass is 16.5. The first-order valence-electron chi connectivity index (χ1n) is 11.1. The number of nitrogens with one attached hydrogen (secondary N) is 1. The molecule has 1 aliphatic heterocycles. The molecule has 1 N–H and O–H groups in total. The third-order valence-electron chi connectivity index (χ3n) is 5.80. The van der Waals surface area contributed by atoms with Crippen LogP contribution < -0.4 is 10.1 Å². The number of benzene rings is 2. The summed E-state index contributed by atoms with van der Waals surface area (Å²) in [5.74, 6) is 0.536. The average Bonchev–Trinajstić information content (AvgIpc) is 3.36. The largest absolute Gasteiger partial charge is 0.481 e. The number of nitrogens with zero attached hydrogens (tertiary/aromatic N) is 1. The van der Waals surface area contributed by atoms with E-state index in [1.807, 2.05) is 48.2 Å². The number of carbonyl (C=O) groups is 2. The first kappa shape index (κ1) is 22.4. The Balaban J connectivity index is 1.70. The van der Waals surface area contributed by atoms with Crippen LogP contribution in [0.4, 0.5) is 0 Å². The van der Waals surface area contributed by atoms with Gasteiger partial charge in [0.2, 0.25) is 0 Å². The molecule has 0 bridgehead atoms. The zero-order chi connectivity index (χ0) is 23.4. The Bertz CT molecular complexity index is 1150. The van der Waals surface area contributed by atoms with Gasteiger partial charge < -0.3 is 19.4 Å². The molecule has 33 heavy (non-hydrogen) atoms. The van der Waals surface area contributed by atoms with Crippen LogP contribution in [-0.4, -0.2) is 35.9 Å². The van der Waals surface area contributed by atoms with Crippen LogP contribution in [-0.2, 0) is 11.2 Å². The molecule has 0 unspecified atom stereocenters. The Kier molecular flexibility index (Phi) is 6.63. The molecule has 6 nitrogen and oxygen atoms in total. The SMILES string of the molecule is C=CCNC(=O)[C@H](C)Oc1ccc2c(c1)[C@@H](c1cccc(C)c1)N(C(=O)c1ccco1)CC2. The van der Waals surface area contributed by atoms with Gasteiger partial charge >= 0.3 is 0 Å². The molecule has 3 aromatic rings. The first-order valence-corrected chi connectivity index (χ1v) is 11.1. The minimum absolute atomic E-state index is 0.152. The zero-order valence-electron chi connectivity index (χ0n) is 18.9. The Morgan fingerprint density at radius 3 is 2.82 bits per heavy atom. The second-order valence-electron chi connectivity index (χ2n) is 8.20. The molecule has 0 spiro atoms. The fourth-order valence-electron chi connectivity index (χ4n) is 4.20. The minimum atomic E-state index is -0.662. The molecule has 2 heterocycles. The summed E-state index contributed by atoms with van der Waals surface area (Å²) >= 11 is 0. The molecule has 1 aliphatic rings. The monoisotopic (exact) mass is 444 g/mol. The molecule has 0 radical (unpaired) electrons. The molecule has 2 amide bonds. The number of aryl methyl sites for hydroxylation is 1. The highest BCUT2D eigenvalue weighted by Crippen LogP contribution is 2.38. The summed E-state index contributed by atoms with van der Waals surface area (Å²) in [7, 11) is 0. The molecule has 2 atom stereocenters. The summed E-state index contributed by atoms with van der Waals surface area (Å²) in [4.78, 5) is 27.4. The van der Waals surface area contributed by atoms with Crippen LogP contribution in [0.15, 0.2) is 77.9 Å². The zero-order valence-corrected chi connectivity index (χ0v) is 18.9. The van der Waals surface area contributed by atoms with Crippen molar-refractivity contribution in [2.24, 2.45) is 0 Å². The molecule has 0 aliphatic carbocycles. The van der Waals surface area contributed by atoms with Crippen molar-refractivity contribution in [3.05, 3.63) is 102 Å². The Labute approximate surface area is 193 Å². The Morgan fingerprint density at radius 1 is 1.24 bits per heavy atom. The number of hydrogen-bond donors (Lipinski definition) is 1. The summed E-state index contributed by atoms with van der Waals surface area (Å²) in [6, 6.07) is 17.1. The van der Waals surface area contributed by atoms with E-state index >= 15 is 0 Å². The van der Waals surface area contributed by atoms with Crippen molar-refractivity contribution in [1.29, 1.82) is 0 Å². The van der Waals surface area contributed by atoms with Crippen LogP contribution in [0.5, 0.6) is 5.75 Å². The molecule has 2 aromatic carbocycles. The van der Waals surface area contributed by atoms with Crippen molar-refractivity contribution >= 4 is 11.8 Å². The number of amides is 2. The molecule has 0 saturated carbocycles. The first-order chi connectivity index (χ1) is 16.0. The Hall–Kier alpha value is -3.80. The van der Waals surface area contributed by atoms with Crippen LogP contribution in [0.25, 0.3) is 0 Å². The van der Waals surface area contributed by atoms with Gasteiger partial charge in [-0.25, -0.2) is 0 Å². The number of fused-ring (bicyclic) bond motifs is 1. The van der Waals surface area contributed by atoms with E-state index in [1.54, 1.807) is 25.1 Å². The van der Waals surface area contributed by atoms with E-state index in [-0.39, 0.29) is 17.9 Å². The lowest BCUT2D eigenvalue weighted by atomic mass is 9.87. The predicted molar refractivity (Wildman–Crippen MR) is 126 cm³/mol. The van der Waals surface area contributed by atoms with E-state index < -0.39 is 6.10 Å². The third kappa shape index (κ3) is 4.85. The second kappa shape index (κ2) is 9.77. The fourth-order valence-corrected chi connectivity index (χ4v) is 4.20. The van der Waals surface area contributed by atoms with Gasteiger partial charge in [-0.15, -0.1) is 6.58 Å². The second-order valence-corrected chi connectivity index (χ2v) is 8.20. The summed E-state index contributed by atoms with van der Waals surface area (Å²) in [5, 5.41) is 2.75. The van der Waals surface area contributed by atoms with Gasteiger partial charge in [0, 0.05) is 13.1 Å². The van der Waals surface area contributed by atoms with E-state index in [0.29, 0.717) is 24.6 Å². The molecule has 4 rings (SSSR count). The standard InChI is InChI=1S/C27H28N2O4/c1-4-13-28-26(30)19(3)33-22-11-10-20-12-14-29(27(31)24-9-6-15-32-24)25(23(20)17-22)21-8-5-7-18(2)16-21/h4-11,15-17,19,25H,1,12-14H2,2-3H3,(H,28,30)/t19-,25+/m0/s1. The van der Waals surface area contributed by atoms with Crippen molar-refractivity contribution in [1.82, 2.24) is 10.2 Å². The fraction of sp³-hybridized carbons (Fsp3) is 0.259. The summed E-state index contributed by atoms with van der Waals surface area (Å²) in [6.45, 7) is 8.32. The van der Waals surface area contributed by atoms with Gasteiger partial charge in [-0.1, -0.05) is 42.0 Å². The molecule has 0 saturated heterocycles. The van der Waals surface area contributed by atoms with Crippen molar-refractivity contribution < 1.29 is 18.7 Å². The van der Waals surface area contributed by atoms with Crippen molar-refractivity contribution in [3.8, 4) is 5.75 Å². The lowest BCUT2D eigenvalue weighted by molar-refractivity contribution is -0.127. The van der Waals surface area contributed by atoms with E-state index in [2.05, 4.69) is 18.0 Å². The predicted octanol–water partition coefficient (Wildman–Crippen LogP) is 4.45. The smallest absolute Gasteiger partial charge is 0.290 e. The molecule has 6 heteroatoms. The van der Waals surface area contributed by atoms with Crippen LogP contribution in [0.1, 0.15) is 45.8 Å². The van der Waals surface area contributed by atoms with Gasteiger partial charge in [0.1, 0.15) is 5.75 Å². The summed E-state index contributed by atoms with van der Waals surface area (Å²) < 4.78 is 11.4. The van der Waals surface area contributed by atoms with Gasteiger partial charge in [0.15, 0.2) is 11.9 Å². The van der Waals surface area contributed by atoms with Crippen molar-refractivity contribution in [2.75, 3.05) is 13.1 Å². The molecular formula is C27H28N2O4. The maximum absolute atomic E-state index is 13.3. The third-order valence-corrected chi connectivity index (χ3v) is 5.80. The summed E-state index contributed by atoms with van der Waals surface area (Å²) in [5.41, 5.74) is 4.28. The van der Waals surface area contributed by atoms with Crippen LogP contribution in [0.2, 0.25) is 0 Å². The molecule has 1 aromatic heterocycles. The summed E-state index contributed by atoms with van der Waals surface area (Å²) in [6.07, 6.45) is 3.20. The van der Waals surface area contributed by atoms with Gasteiger partial charge in [-0.2, -0.15) is 0 Å². The van der Waals surface area contributed by atoms with Gasteiger partial charge in [-0.05, 0) is 61.2 Å². The van der Waals surface area contributed by atoms with E-state index in [1.165, 1.54) is 6.26 Å². The van der Waals surface area contributed by atoms with Gasteiger partial charge in [-0.3, -0.25) is 9.59 Å². The van der Waals surface area contributed by atoms with Crippen LogP contribution in [0, 0.1) is 6.92 Å². The lowest BCUT2D eigenvalue weighted by Gasteiger charge is -2.37. The topological polar surface area (TPSA) is 71.8 Å². The number of ether oxygens (including phenoxy) is 1. The molecule has 0 fully saturated rings. The van der Waals surface area contributed by atoms with Crippen LogP contribution >= 0.6 is 0 Å². The number of furan rings is 1. The number of hydrogen-bond acceptors (Lipinski definition) is 4. The van der Waals surface area contributed by atoms with Crippen LogP contribution in [0.3, 0.4) is 0 Å². The van der Waals surface area contributed by atoms with Crippen molar-refractivity contribution in [3.63, 3.8) is 0 Å².